The molecule has 1 rings (SSSR count). The number of hydrogen-bond acceptors (Lipinski definition) is 3. The average Bonchev–Trinajstić information content (AvgIpc) is 2.78. The number of ether oxygens (including phenoxy) is 1. The van der Waals surface area contributed by atoms with Gasteiger partial charge in [-0.05, 0) is 26.2 Å². The van der Waals surface area contributed by atoms with E-state index >= 15 is 0 Å². The first-order valence-electron chi connectivity index (χ1n) is 6.02. The predicted octanol–water partition coefficient (Wildman–Crippen LogP) is 1.75. The summed E-state index contributed by atoms with van der Waals surface area (Å²) in [5.74, 6) is -0.163. The zero-order valence-corrected chi connectivity index (χ0v) is 10.0. The third kappa shape index (κ3) is 3.82. The Morgan fingerprint density at radius 2 is 2.19 bits per heavy atom. The first-order valence-corrected chi connectivity index (χ1v) is 6.02. The van der Waals surface area contributed by atoms with Crippen LogP contribution in [0.25, 0.3) is 0 Å². The summed E-state index contributed by atoms with van der Waals surface area (Å²) in [6, 6.07) is 1.53. The van der Waals surface area contributed by atoms with E-state index in [1.807, 2.05) is 13.0 Å². The second-order valence-electron chi connectivity index (χ2n) is 4.30. The molecular weight excluding hydrogens is 204 g/mol. The number of nitriles is 1. The van der Waals surface area contributed by atoms with Crippen LogP contribution in [0.4, 0.5) is 0 Å². The monoisotopic (exact) mass is 224 g/mol. The zero-order chi connectivity index (χ0) is 12.0. The molecule has 0 heterocycles. The molecule has 2 unspecified atom stereocenters. The minimum atomic E-state index is -0.450. The highest BCUT2D eigenvalue weighted by Crippen LogP contribution is 2.22. The van der Waals surface area contributed by atoms with E-state index in [0.717, 1.165) is 12.8 Å². The van der Waals surface area contributed by atoms with Crippen molar-refractivity contribution in [2.75, 3.05) is 0 Å². The molecule has 1 amide bonds. The predicted molar refractivity (Wildman–Crippen MR) is 60.6 cm³/mol. The van der Waals surface area contributed by atoms with Gasteiger partial charge in [-0.3, -0.25) is 4.79 Å². The summed E-state index contributed by atoms with van der Waals surface area (Å²) in [5, 5.41) is 11.2. The van der Waals surface area contributed by atoms with E-state index in [2.05, 4.69) is 5.32 Å². The van der Waals surface area contributed by atoms with Crippen molar-refractivity contribution in [3.05, 3.63) is 0 Å². The van der Waals surface area contributed by atoms with Crippen molar-refractivity contribution in [1.29, 1.82) is 5.26 Å². The zero-order valence-electron chi connectivity index (χ0n) is 10.0. The van der Waals surface area contributed by atoms with Gasteiger partial charge in [-0.2, -0.15) is 5.26 Å². The minimum Gasteiger partial charge on any atom is -0.365 e. The highest BCUT2D eigenvalue weighted by molar-refractivity contribution is 5.81. The molecule has 0 bridgehead atoms. The largest absolute Gasteiger partial charge is 0.365 e. The molecule has 0 saturated heterocycles. The second kappa shape index (κ2) is 6.49. The Bertz CT molecular complexity index is 267. The Kier molecular flexibility index (Phi) is 5.27. The van der Waals surface area contributed by atoms with Gasteiger partial charge in [0.25, 0.3) is 0 Å². The third-order valence-corrected chi connectivity index (χ3v) is 2.87. The highest BCUT2D eigenvalue weighted by atomic mass is 16.5. The molecule has 0 aliphatic heterocycles. The van der Waals surface area contributed by atoms with Gasteiger partial charge < -0.3 is 10.1 Å². The first-order chi connectivity index (χ1) is 7.67. The minimum absolute atomic E-state index is 0.163. The molecule has 16 heavy (non-hydrogen) atoms. The lowest BCUT2D eigenvalue weighted by atomic mass is 10.2. The molecule has 0 aromatic heterocycles. The van der Waals surface area contributed by atoms with E-state index in [1.54, 1.807) is 6.92 Å². The quantitative estimate of drug-likeness (QED) is 0.774. The first kappa shape index (κ1) is 13.0. The van der Waals surface area contributed by atoms with E-state index in [1.165, 1.54) is 12.8 Å². The summed E-state index contributed by atoms with van der Waals surface area (Å²) in [6.45, 7) is 3.59. The molecule has 90 valence electrons. The number of rotatable bonds is 5. The van der Waals surface area contributed by atoms with Gasteiger partial charge in [-0.15, -0.1) is 0 Å². The summed E-state index contributed by atoms with van der Waals surface area (Å²) in [4.78, 5) is 11.7. The van der Waals surface area contributed by atoms with Crippen molar-refractivity contribution in [2.45, 2.75) is 64.2 Å². The van der Waals surface area contributed by atoms with Crippen molar-refractivity contribution in [3.8, 4) is 6.07 Å². The summed E-state index contributed by atoms with van der Waals surface area (Å²) in [5.41, 5.74) is 0. The van der Waals surface area contributed by atoms with E-state index in [9.17, 15) is 4.79 Å². The molecule has 4 heteroatoms. The molecule has 1 aliphatic carbocycles. The van der Waals surface area contributed by atoms with E-state index in [-0.39, 0.29) is 12.0 Å². The summed E-state index contributed by atoms with van der Waals surface area (Å²) in [6.07, 6.45) is 4.97. The lowest BCUT2D eigenvalue weighted by Crippen LogP contribution is -2.41. The van der Waals surface area contributed by atoms with E-state index in [0.29, 0.717) is 6.42 Å². The summed E-state index contributed by atoms with van der Waals surface area (Å²) in [7, 11) is 0. The van der Waals surface area contributed by atoms with Crippen molar-refractivity contribution in [1.82, 2.24) is 5.32 Å². The van der Waals surface area contributed by atoms with E-state index < -0.39 is 12.1 Å². The second-order valence-corrected chi connectivity index (χ2v) is 4.30. The van der Waals surface area contributed by atoms with Crippen LogP contribution in [-0.2, 0) is 9.53 Å². The van der Waals surface area contributed by atoms with Crippen LogP contribution in [0, 0.1) is 11.3 Å². The fraction of sp³-hybridized carbons (Fsp3) is 0.833. The molecule has 1 aliphatic rings. The maximum Gasteiger partial charge on any atom is 0.250 e. The molecule has 0 aromatic carbocycles. The molecule has 4 nitrogen and oxygen atoms in total. The standard InChI is InChI=1S/C12H20N2O2/c1-3-11(12(15)14-9(2)8-13)16-10-6-4-5-7-10/h9-11H,3-7H2,1-2H3,(H,14,15). The topological polar surface area (TPSA) is 62.1 Å². The third-order valence-electron chi connectivity index (χ3n) is 2.87. The Morgan fingerprint density at radius 3 is 2.69 bits per heavy atom. The highest BCUT2D eigenvalue weighted by Gasteiger charge is 2.24. The van der Waals surface area contributed by atoms with Crippen LogP contribution in [0.2, 0.25) is 0 Å². The van der Waals surface area contributed by atoms with Gasteiger partial charge in [-0.25, -0.2) is 0 Å². The Balaban J connectivity index is 2.40. The van der Waals surface area contributed by atoms with Gasteiger partial charge in [0.2, 0.25) is 5.91 Å². The van der Waals surface area contributed by atoms with Crippen molar-refractivity contribution >= 4 is 5.91 Å². The fourth-order valence-corrected chi connectivity index (χ4v) is 1.94. The van der Waals surface area contributed by atoms with Gasteiger partial charge in [0, 0.05) is 0 Å². The van der Waals surface area contributed by atoms with Crippen LogP contribution in [0.3, 0.4) is 0 Å². The van der Waals surface area contributed by atoms with Crippen LogP contribution in [0.1, 0.15) is 46.0 Å². The Labute approximate surface area is 97.0 Å². The number of amides is 1. The number of nitrogens with zero attached hydrogens (tertiary/aromatic N) is 1. The molecule has 0 aromatic rings. The van der Waals surface area contributed by atoms with Crippen molar-refractivity contribution in [3.63, 3.8) is 0 Å². The van der Waals surface area contributed by atoms with Crippen LogP contribution in [0.15, 0.2) is 0 Å². The molecule has 0 radical (unpaired) electrons. The van der Waals surface area contributed by atoms with Crippen LogP contribution in [-0.4, -0.2) is 24.2 Å². The van der Waals surface area contributed by atoms with Crippen molar-refractivity contribution < 1.29 is 9.53 Å². The number of nitrogens with one attached hydrogen (secondary N) is 1. The molecule has 0 spiro atoms. The summed E-state index contributed by atoms with van der Waals surface area (Å²) < 4.78 is 5.75. The van der Waals surface area contributed by atoms with Crippen LogP contribution < -0.4 is 5.32 Å². The molecule has 1 fully saturated rings. The number of carbonyl (C=O) groups is 1. The van der Waals surface area contributed by atoms with Crippen molar-refractivity contribution in [2.24, 2.45) is 0 Å². The maximum atomic E-state index is 11.7. The van der Waals surface area contributed by atoms with Gasteiger partial charge >= 0.3 is 0 Å². The molecule has 2 atom stereocenters. The lowest BCUT2D eigenvalue weighted by Gasteiger charge is -2.20. The molecule has 1 N–H and O–H groups in total. The average molecular weight is 224 g/mol. The Morgan fingerprint density at radius 1 is 1.56 bits per heavy atom. The van der Waals surface area contributed by atoms with Gasteiger partial charge in [0.15, 0.2) is 0 Å². The van der Waals surface area contributed by atoms with Gasteiger partial charge in [-0.1, -0.05) is 19.8 Å². The molecular formula is C12H20N2O2. The summed E-state index contributed by atoms with van der Waals surface area (Å²) >= 11 is 0. The smallest absolute Gasteiger partial charge is 0.250 e. The molecule has 1 saturated carbocycles. The van der Waals surface area contributed by atoms with Gasteiger partial charge in [0.1, 0.15) is 12.1 Å². The number of hydrogen-bond donors (Lipinski definition) is 1. The normalized spacial score (nSPS) is 20.1. The van der Waals surface area contributed by atoms with Gasteiger partial charge in [0.05, 0.1) is 12.2 Å². The Hall–Kier alpha value is -1.08. The SMILES string of the molecule is CCC(OC1CCCC1)C(=O)NC(C)C#N. The fourth-order valence-electron chi connectivity index (χ4n) is 1.94. The maximum absolute atomic E-state index is 11.7. The lowest BCUT2D eigenvalue weighted by molar-refractivity contribution is -0.137. The van der Waals surface area contributed by atoms with Crippen LogP contribution >= 0.6 is 0 Å². The number of carbonyl (C=O) groups excluding carboxylic acids is 1. The van der Waals surface area contributed by atoms with Crippen LogP contribution in [0.5, 0.6) is 0 Å². The van der Waals surface area contributed by atoms with E-state index in [4.69, 9.17) is 10.00 Å².